The SMILES string of the molecule is O=C(CSc1nc(Nc2ccccc2)c2ccccc2n1)Nc1ccc([N+](=O)[O-])cc1. The highest BCUT2D eigenvalue weighted by Crippen LogP contribution is 2.27. The van der Waals surface area contributed by atoms with E-state index in [2.05, 4.69) is 20.6 Å². The van der Waals surface area contributed by atoms with Gasteiger partial charge in [-0.25, -0.2) is 9.97 Å². The number of nitrogens with zero attached hydrogens (tertiary/aromatic N) is 3. The number of aromatic nitrogens is 2. The normalized spacial score (nSPS) is 10.6. The number of carbonyl (C=O) groups is 1. The van der Waals surface area contributed by atoms with Crippen LogP contribution in [0.5, 0.6) is 0 Å². The number of amides is 1. The Labute approximate surface area is 181 Å². The molecule has 3 aromatic carbocycles. The Hall–Kier alpha value is -3.98. The average molecular weight is 431 g/mol. The number of nitro groups is 1. The van der Waals surface area contributed by atoms with E-state index in [1.54, 1.807) is 0 Å². The smallest absolute Gasteiger partial charge is 0.269 e. The molecule has 0 aliphatic rings. The van der Waals surface area contributed by atoms with E-state index in [0.29, 0.717) is 16.7 Å². The minimum atomic E-state index is -0.487. The molecule has 1 aromatic heterocycles. The predicted octanol–water partition coefficient (Wildman–Crippen LogP) is 5.01. The van der Waals surface area contributed by atoms with Crippen molar-refractivity contribution in [1.82, 2.24) is 9.97 Å². The van der Waals surface area contributed by atoms with E-state index in [-0.39, 0.29) is 17.3 Å². The van der Waals surface area contributed by atoms with Crippen LogP contribution in [0.4, 0.5) is 22.9 Å². The van der Waals surface area contributed by atoms with E-state index in [9.17, 15) is 14.9 Å². The Morgan fingerprint density at radius 1 is 0.903 bits per heavy atom. The zero-order chi connectivity index (χ0) is 21.6. The van der Waals surface area contributed by atoms with Crippen LogP contribution >= 0.6 is 11.8 Å². The first kappa shape index (κ1) is 20.3. The highest BCUT2D eigenvalue weighted by molar-refractivity contribution is 7.99. The Balaban J connectivity index is 1.47. The minimum absolute atomic E-state index is 0.0321. The highest BCUT2D eigenvalue weighted by atomic mass is 32.2. The number of para-hydroxylation sites is 2. The third kappa shape index (κ3) is 5.14. The quantitative estimate of drug-likeness (QED) is 0.183. The number of benzene rings is 3. The molecule has 0 bridgehead atoms. The van der Waals surface area contributed by atoms with Crippen molar-refractivity contribution in [2.75, 3.05) is 16.4 Å². The highest BCUT2D eigenvalue weighted by Gasteiger charge is 2.11. The van der Waals surface area contributed by atoms with Crippen LogP contribution < -0.4 is 10.6 Å². The van der Waals surface area contributed by atoms with Crippen molar-refractivity contribution in [3.8, 4) is 0 Å². The van der Waals surface area contributed by atoms with E-state index in [4.69, 9.17) is 0 Å². The minimum Gasteiger partial charge on any atom is -0.340 e. The van der Waals surface area contributed by atoms with Gasteiger partial charge in [-0.15, -0.1) is 0 Å². The van der Waals surface area contributed by atoms with E-state index < -0.39 is 4.92 Å². The molecule has 31 heavy (non-hydrogen) atoms. The van der Waals surface area contributed by atoms with Crippen LogP contribution in [-0.2, 0) is 4.79 Å². The maximum absolute atomic E-state index is 12.3. The molecule has 0 saturated heterocycles. The topological polar surface area (TPSA) is 110 Å². The zero-order valence-electron chi connectivity index (χ0n) is 16.2. The molecule has 0 saturated carbocycles. The Bertz CT molecular complexity index is 1230. The summed E-state index contributed by atoms with van der Waals surface area (Å²) in [5.41, 5.74) is 2.13. The van der Waals surface area contributed by atoms with Gasteiger partial charge in [0, 0.05) is 28.9 Å². The molecule has 154 valence electrons. The molecule has 0 unspecified atom stereocenters. The average Bonchev–Trinajstić information content (AvgIpc) is 2.79. The summed E-state index contributed by atoms with van der Waals surface area (Å²) in [6.45, 7) is 0. The molecule has 4 rings (SSSR count). The first-order chi connectivity index (χ1) is 15.1. The van der Waals surface area contributed by atoms with Crippen molar-refractivity contribution in [3.05, 3.63) is 89.0 Å². The molecule has 0 radical (unpaired) electrons. The van der Waals surface area contributed by atoms with Crippen molar-refractivity contribution >= 4 is 51.5 Å². The van der Waals surface area contributed by atoms with Crippen LogP contribution in [0.15, 0.2) is 84.0 Å². The number of hydrogen-bond acceptors (Lipinski definition) is 7. The lowest BCUT2D eigenvalue weighted by Gasteiger charge is -2.11. The van der Waals surface area contributed by atoms with Crippen molar-refractivity contribution < 1.29 is 9.72 Å². The molecular formula is C22H17N5O3S. The fourth-order valence-corrected chi connectivity index (χ4v) is 3.52. The van der Waals surface area contributed by atoms with Gasteiger partial charge in [-0.2, -0.15) is 0 Å². The van der Waals surface area contributed by atoms with Crippen LogP contribution in [0.3, 0.4) is 0 Å². The summed E-state index contributed by atoms with van der Waals surface area (Å²) < 4.78 is 0. The first-order valence-corrected chi connectivity index (χ1v) is 10.3. The second kappa shape index (κ2) is 9.23. The fourth-order valence-electron chi connectivity index (χ4n) is 2.87. The van der Waals surface area contributed by atoms with Crippen LogP contribution in [0.2, 0.25) is 0 Å². The zero-order valence-corrected chi connectivity index (χ0v) is 17.0. The lowest BCUT2D eigenvalue weighted by atomic mass is 10.2. The van der Waals surface area contributed by atoms with Gasteiger partial charge >= 0.3 is 0 Å². The third-order valence-electron chi connectivity index (χ3n) is 4.31. The van der Waals surface area contributed by atoms with Gasteiger partial charge in [0.2, 0.25) is 5.91 Å². The summed E-state index contributed by atoms with van der Waals surface area (Å²) in [6, 6.07) is 23.0. The first-order valence-electron chi connectivity index (χ1n) is 9.34. The summed E-state index contributed by atoms with van der Waals surface area (Å²) >= 11 is 1.21. The Morgan fingerprint density at radius 3 is 2.35 bits per heavy atom. The van der Waals surface area contributed by atoms with E-state index in [1.165, 1.54) is 36.0 Å². The van der Waals surface area contributed by atoms with E-state index in [0.717, 1.165) is 16.6 Å². The van der Waals surface area contributed by atoms with E-state index in [1.807, 2.05) is 54.6 Å². The summed E-state index contributed by atoms with van der Waals surface area (Å²) in [4.78, 5) is 31.7. The van der Waals surface area contributed by atoms with E-state index >= 15 is 0 Å². The number of fused-ring (bicyclic) bond motifs is 1. The maximum Gasteiger partial charge on any atom is 0.269 e. The number of non-ortho nitro benzene ring substituents is 1. The number of nitro benzene ring substituents is 1. The van der Waals surface area contributed by atoms with Crippen LogP contribution in [-0.4, -0.2) is 26.6 Å². The number of nitrogens with one attached hydrogen (secondary N) is 2. The largest absolute Gasteiger partial charge is 0.340 e. The molecule has 0 spiro atoms. The number of thioether (sulfide) groups is 1. The van der Waals surface area contributed by atoms with Crippen molar-refractivity contribution in [3.63, 3.8) is 0 Å². The Kier molecular flexibility index (Phi) is 6.04. The molecule has 0 fully saturated rings. The van der Waals surface area contributed by atoms with Gasteiger partial charge in [0.05, 0.1) is 16.2 Å². The summed E-state index contributed by atoms with van der Waals surface area (Å²) in [5.74, 6) is 0.503. The summed E-state index contributed by atoms with van der Waals surface area (Å²) in [5, 5.41) is 18.1. The van der Waals surface area contributed by atoms with Crippen LogP contribution in [0.1, 0.15) is 0 Å². The number of hydrogen-bond donors (Lipinski definition) is 2. The van der Waals surface area contributed by atoms with Crippen molar-refractivity contribution in [2.24, 2.45) is 0 Å². The van der Waals surface area contributed by atoms with Gasteiger partial charge in [0.15, 0.2) is 5.16 Å². The van der Waals surface area contributed by atoms with Crippen molar-refractivity contribution in [2.45, 2.75) is 5.16 Å². The lowest BCUT2D eigenvalue weighted by Crippen LogP contribution is -2.14. The molecule has 1 amide bonds. The maximum atomic E-state index is 12.3. The van der Waals surface area contributed by atoms with Gasteiger partial charge < -0.3 is 10.6 Å². The lowest BCUT2D eigenvalue weighted by molar-refractivity contribution is -0.384. The Morgan fingerprint density at radius 2 is 1.61 bits per heavy atom. The monoisotopic (exact) mass is 431 g/mol. The van der Waals surface area contributed by atoms with Gasteiger partial charge in [0.25, 0.3) is 5.69 Å². The molecule has 9 heteroatoms. The molecule has 4 aromatic rings. The molecular weight excluding hydrogens is 414 g/mol. The second-order valence-electron chi connectivity index (χ2n) is 6.50. The number of carbonyl (C=O) groups excluding carboxylic acids is 1. The van der Waals surface area contributed by atoms with Crippen molar-refractivity contribution in [1.29, 1.82) is 0 Å². The number of rotatable bonds is 7. The predicted molar refractivity (Wildman–Crippen MR) is 122 cm³/mol. The third-order valence-corrected chi connectivity index (χ3v) is 5.16. The summed E-state index contributed by atoms with van der Waals surface area (Å²) in [7, 11) is 0. The van der Waals surface area contributed by atoms with Gasteiger partial charge in [-0.05, 0) is 36.4 Å². The molecule has 2 N–H and O–H groups in total. The molecule has 1 heterocycles. The standard InChI is InChI=1S/C22H17N5O3S/c28-20(23-16-10-12-17(13-11-16)27(29)30)14-31-22-25-19-9-5-4-8-18(19)21(26-22)24-15-6-2-1-3-7-15/h1-13H,14H2,(H,23,28)(H,24,25,26). The molecule has 0 aliphatic heterocycles. The molecule has 0 atom stereocenters. The van der Waals surface area contributed by atoms with Gasteiger partial charge in [-0.3, -0.25) is 14.9 Å². The molecule has 0 aliphatic carbocycles. The second-order valence-corrected chi connectivity index (χ2v) is 7.45. The fraction of sp³-hybridized carbons (Fsp3) is 0.0455. The van der Waals surface area contributed by atoms with Gasteiger partial charge in [0.1, 0.15) is 5.82 Å². The van der Waals surface area contributed by atoms with Crippen LogP contribution in [0, 0.1) is 10.1 Å². The summed E-state index contributed by atoms with van der Waals surface area (Å²) in [6.07, 6.45) is 0. The molecule has 8 nitrogen and oxygen atoms in total. The van der Waals surface area contributed by atoms with Gasteiger partial charge in [-0.1, -0.05) is 42.1 Å². The number of anilines is 3. The van der Waals surface area contributed by atoms with Crippen LogP contribution in [0.25, 0.3) is 10.9 Å².